The highest BCUT2D eigenvalue weighted by molar-refractivity contribution is 5.77. The summed E-state index contributed by atoms with van der Waals surface area (Å²) in [6.07, 6.45) is 2.70. The summed E-state index contributed by atoms with van der Waals surface area (Å²) in [4.78, 5) is 29.6. The number of nitrogens with one attached hydrogen (secondary N) is 1. The number of amides is 3. The maximum atomic E-state index is 12.3. The van der Waals surface area contributed by atoms with Crippen LogP contribution in [0, 0.1) is 0 Å². The number of carbonyl (C=O) groups excluding carboxylic acids is 2. The van der Waals surface area contributed by atoms with Crippen molar-refractivity contribution in [3.05, 3.63) is 0 Å². The van der Waals surface area contributed by atoms with Gasteiger partial charge in [-0.3, -0.25) is 9.69 Å². The molecule has 0 aromatic rings. The molecule has 1 N–H and O–H groups in total. The molecule has 0 atom stereocenters. The topological polar surface area (TPSA) is 65.1 Å². The number of nitrogens with zero attached hydrogens (tertiary/aromatic N) is 3. The molecule has 0 aromatic heterocycles. The Labute approximate surface area is 132 Å². The second kappa shape index (κ2) is 8.33. The second-order valence-corrected chi connectivity index (χ2v) is 6.24. The molecule has 0 radical (unpaired) electrons. The van der Waals surface area contributed by atoms with Gasteiger partial charge < -0.3 is 19.9 Å². The highest BCUT2D eigenvalue weighted by Crippen LogP contribution is 2.11. The fourth-order valence-corrected chi connectivity index (χ4v) is 2.78. The number of likely N-dealkylation sites (N-methyl/N-ethyl adjacent to an activating group) is 1. The van der Waals surface area contributed by atoms with Gasteiger partial charge in [0.2, 0.25) is 5.91 Å². The van der Waals surface area contributed by atoms with Crippen molar-refractivity contribution in [3.8, 4) is 0 Å². The predicted molar refractivity (Wildman–Crippen MR) is 83.7 cm³/mol. The van der Waals surface area contributed by atoms with Gasteiger partial charge in [-0.15, -0.1) is 0 Å². The van der Waals surface area contributed by atoms with E-state index in [1.807, 2.05) is 4.90 Å². The normalized spacial score (nSPS) is 21.3. The first-order valence-electron chi connectivity index (χ1n) is 8.12. The molecule has 2 aliphatic rings. The fraction of sp³-hybridized carbons (Fsp3) is 0.867. The number of likely N-dealkylation sites (tertiary alicyclic amines) is 1. The standard InChI is InChI=1S/C15H28N4O3/c1-17(2)14(20)12-18-7-4-13(5-8-18)16-15(21)19-6-3-10-22-11-9-19/h13H,3-12H2,1-2H3,(H,16,21). The van der Waals surface area contributed by atoms with Crippen LogP contribution in [0.2, 0.25) is 0 Å². The van der Waals surface area contributed by atoms with Gasteiger partial charge in [0.05, 0.1) is 13.2 Å². The Bertz CT molecular complexity index is 373. The molecule has 3 amide bonds. The van der Waals surface area contributed by atoms with Gasteiger partial charge in [0.15, 0.2) is 0 Å². The van der Waals surface area contributed by atoms with Crippen LogP contribution in [0.3, 0.4) is 0 Å². The maximum absolute atomic E-state index is 12.3. The summed E-state index contributed by atoms with van der Waals surface area (Å²) in [5, 5.41) is 3.12. The molecule has 2 aliphatic heterocycles. The summed E-state index contributed by atoms with van der Waals surface area (Å²) in [6, 6.07) is 0.232. The molecule has 7 nitrogen and oxygen atoms in total. The maximum Gasteiger partial charge on any atom is 0.317 e. The third kappa shape index (κ3) is 5.14. The summed E-state index contributed by atoms with van der Waals surface area (Å²) in [5.41, 5.74) is 0. The monoisotopic (exact) mass is 312 g/mol. The van der Waals surface area contributed by atoms with Gasteiger partial charge in [-0.1, -0.05) is 0 Å². The number of ether oxygens (including phenoxy) is 1. The lowest BCUT2D eigenvalue weighted by Gasteiger charge is -2.33. The van der Waals surface area contributed by atoms with E-state index in [0.29, 0.717) is 19.7 Å². The molecule has 0 unspecified atom stereocenters. The quantitative estimate of drug-likeness (QED) is 0.795. The Hall–Kier alpha value is -1.34. The Morgan fingerprint density at radius 1 is 1.14 bits per heavy atom. The molecule has 0 bridgehead atoms. The molecule has 2 rings (SSSR count). The summed E-state index contributed by atoms with van der Waals surface area (Å²) in [6.45, 7) is 4.98. The largest absolute Gasteiger partial charge is 0.380 e. The van der Waals surface area contributed by atoms with E-state index in [1.54, 1.807) is 19.0 Å². The van der Waals surface area contributed by atoms with Crippen LogP contribution in [0.5, 0.6) is 0 Å². The van der Waals surface area contributed by atoms with Gasteiger partial charge in [0.1, 0.15) is 0 Å². The van der Waals surface area contributed by atoms with E-state index < -0.39 is 0 Å². The third-order valence-corrected chi connectivity index (χ3v) is 4.28. The van der Waals surface area contributed by atoms with E-state index in [-0.39, 0.29) is 18.0 Å². The van der Waals surface area contributed by atoms with Gasteiger partial charge in [0, 0.05) is 52.9 Å². The van der Waals surface area contributed by atoms with E-state index >= 15 is 0 Å². The minimum atomic E-state index is 0.0216. The smallest absolute Gasteiger partial charge is 0.317 e. The molecule has 2 saturated heterocycles. The van der Waals surface area contributed by atoms with Crippen LogP contribution in [-0.4, -0.2) is 92.7 Å². The Morgan fingerprint density at radius 3 is 2.55 bits per heavy atom. The van der Waals surface area contributed by atoms with E-state index in [4.69, 9.17) is 4.74 Å². The summed E-state index contributed by atoms with van der Waals surface area (Å²) >= 11 is 0. The lowest BCUT2D eigenvalue weighted by atomic mass is 10.1. The van der Waals surface area contributed by atoms with Crippen molar-refractivity contribution in [1.29, 1.82) is 0 Å². The van der Waals surface area contributed by atoms with Crippen LogP contribution >= 0.6 is 0 Å². The first-order valence-corrected chi connectivity index (χ1v) is 8.12. The summed E-state index contributed by atoms with van der Waals surface area (Å²) in [5.74, 6) is 0.132. The fourth-order valence-electron chi connectivity index (χ4n) is 2.78. The minimum Gasteiger partial charge on any atom is -0.380 e. The van der Waals surface area contributed by atoms with Crippen LogP contribution < -0.4 is 5.32 Å². The van der Waals surface area contributed by atoms with Gasteiger partial charge in [0.25, 0.3) is 0 Å². The predicted octanol–water partition coefficient (Wildman–Crippen LogP) is -0.0291. The van der Waals surface area contributed by atoms with Crippen molar-refractivity contribution in [2.75, 3.05) is 60.0 Å². The average Bonchev–Trinajstić information content (AvgIpc) is 2.78. The Balaban J connectivity index is 1.70. The number of rotatable bonds is 3. The zero-order valence-corrected chi connectivity index (χ0v) is 13.7. The molecule has 0 aliphatic carbocycles. The first-order chi connectivity index (χ1) is 10.6. The molecule has 0 saturated carbocycles. The van der Waals surface area contributed by atoms with Crippen molar-refractivity contribution in [2.45, 2.75) is 25.3 Å². The second-order valence-electron chi connectivity index (χ2n) is 6.24. The number of carbonyl (C=O) groups is 2. The minimum absolute atomic E-state index is 0.0216. The molecule has 7 heteroatoms. The van der Waals surface area contributed by atoms with E-state index in [9.17, 15) is 9.59 Å². The van der Waals surface area contributed by atoms with Crippen molar-refractivity contribution < 1.29 is 14.3 Å². The number of urea groups is 1. The van der Waals surface area contributed by atoms with Crippen LogP contribution in [-0.2, 0) is 9.53 Å². The lowest BCUT2D eigenvalue weighted by molar-refractivity contribution is -0.130. The van der Waals surface area contributed by atoms with Crippen molar-refractivity contribution in [2.24, 2.45) is 0 Å². The molecule has 22 heavy (non-hydrogen) atoms. The van der Waals surface area contributed by atoms with E-state index in [0.717, 1.165) is 45.5 Å². The SMILES string of the molecule is CN(C)C(=O)CN1CCC(NC(=O)N2CCCOCC2)CC1. The van der Waals surface area contributed by atoms with Crippen molar-refractivity contribution in [3.63, 3.8) is 0 Å². The van der Waals surface area contributed by atoms with Crippen molar-refractivity contribution in [1.82, 2.24) is 20.0 Å². The molecular weight excluding hydrogens is 284 g/mol. The molecular formula is C15H28N4O3. The Morgan fingerprint density at radius 2 is 1.86 bits per heavy atom. The molecule has 0 spiro atoms. The van der Waals surface area contributed by atoms with Crippen LogP contribution in [0.15, 0.2) is 0 Å². The van der Waals surface area contributed by atoms with Crippen molar-refractivity contribution >= 4 is 11.9 Å². The average molecular weight is 312 g/mol. The molecule has 2 heterocycles. The molecule has 126 valence electrons. The number of hydrogen-bond acceptors (Lipinski definition) is 4. The first kappa shape index (κ1) is 17.0. The highest BCUT2D eigenvalue weighted by atomic mass is 16.5. The van der Waals surface area contributed by atoms with Gasteiger partial charge >= 0.3 is 6.03 Å². The van der Waals surface area contributed by atoms with Crippen LogP contribution in [0.4, 0.5) is 4.79 Å². The zero-order valence-electron chi connectivity index (χ0n) is 13.7. The highest BCUT2D eigenvalue weighted by Gasteiger charge is 2.24. The Kier molecular flexibility index (Phi) is 6.45. The van der Waals surface area contributed by atoms with E-state index in [2.05, 4.69) is 10.2 Å². The number of hydrogen-bond donors (Lipinski definition) is 1. The van der Waals surface area contributed by atoms with Crippen LogP contribution in [0.1, 0.15) is 19.3 Å². The van der Waals surface area contributed by atoms with Gasteiger partial charge in [-0.2, -0.15) is 0 Å². The zero-order chi connectivity index (χ0) is 15.9. The van der Waals surface area contributed by atoms with Crippen LogP contribution in [0.25, 0.3) is 0 Å². The summed E-state index contributed by atoms with van der Waals surface area (Å²) < 4.78 is 5.37. The third-order valence-electron chi connectivity index (χ3n) is 4.28. The molecule has 0 aromatic carbocycles. The molecule has 2 fully saturated rings. The number of piperidine rings is 1. The van der Waals surface area contributed by atoms with Gasteiger partial charge in [-0.25, -0.2) is 4.79 Å². The lowest BCUT2D eigenvalue weighted by Crippen LogP contribution is -2.50. The summed E-state index contributed by atoms with van der Waals surface area (Å²) in [7, 11) is 3.56. The van der Waals surface area contributed by atoms with Gasteiger partial charge in [-0.05, 0) is 19.3 Å². The van der Waals surface area contributed by atoms with E-state index in [1.165, 1.54) is 0 Å².